The zero-order chi connectivity index (χ0) is 34.4. The van der Waals surface area contributed by atoms with E-state index in [1.807, 2.05) is 12.1 Å². The lowest BCUT2D eigenvalue weighted by Crippen LogP contribution is -2.09. The molecule has 0 radical (unpaired) electrons. The predicted octanol–water partition coefficient (Wildman–Crippen LogP) is 13.5. The SMILES string of the molecule is COc1ccc(-c2ccccc2-c2ccc(N(c3ccc(-c4ccccc4)cc3)c3ccc(-c4ccccc4-c4ccccc4)cc3)cc2)cc1. The first kappa shape index (κ1) is 31.6. The van der Waals surface area contributed by atoms with Gasteiger partial charge in [0.2, 0.25) is 0 Å². The third kappa shape index (κ3) is 6.68. The minimum atomic E-state index is 0.853. The van der Waals surface area contributed by atoms with Crippen LogP contribution in [0.25, 0.3) is 55.6 Å². The number of methoxy groups -OCH3 is 1. The van der Waals surface area contributed by atoms with Crippen molar-refractivity contribution >= 4 is 17.1 Å². The Morgan fingerprint density at radius 3 is 0.922 bits per heavy atom. The molecule has 8 rings (SSSR count). The molecule has 0 unspecified atom stereocenters. The summed E-state index contributed by atoms with van der Waals surface area (Å²) in [5, 5.41) is 0. The fourth-order valence-corrected chi connectivity index (χ4v) is 6.82. The highest BCUT2D eigenvalue weighted by molar-refractivity contribution is 5.87. The summed E-state index contributed by atoms with van der Waals surface area (Å²) in [7, 11) is 1.70. The summed E-state index contributed by atoms with van der Waals surface area (Å²) >= 11 is 0. The van der Waals surface area contributed by atoms with Crippen LogP contribution in [0.4, 0.5) is 17.1 Å². The van der Waals surface area contributed by atoms with Gasteiger partial charge >= 0.3 is 0 Å². The van der Waals surface area contributed by atoms with Gasteiger partial charge in [0.15, 0.2) is 0 Å². The summed E-state index contributed by atoms with van der Waals surface area (Å²) in [6.07, 6.45) is 0. The summed E-state index contributed by atoms with van der Waals surface area (Å²) in [4.78, 5) is 2.33. The molecular weight excluding hydrogens is 619 g/mol. The van der Waals surface area contributed by atoms with Crippen molar-refractivity contribution < 1.29 is 4.74 Å². The monoisotopic (exact) mass is 655 g/mol. The van der Waals surface area contributed by atoms with Gasteiger partial charge < -0.3 is 9.64 Å². The Morgan fingerprint density at radius 1 is 0.275 bits per heavy atom. The van der Waals surface area contributed by atoms with Crippen molar-refractivity contribution in [2.45, 2.75) is 0 Å². The zero-order valence-electron chi connectivity index (χ0n) is 28.5. The molecule has 8 aromatic carbocycles. The molecule has 0 aromatic heterocycles. The minimum absolute atomic E-state index is 0.853. The van der Waals surface area contributed by atoms with Crippen LogP contribution in [-0.2, 0) is 0 Å². The van der Waals surface area contributed by atoms with Crippen molar-refractivity contribution in [1.29, 1.82) is 0 Å². The van der Waals surface area contributed by atoms with Gasteiger partial charge in [0.05, 0.1) is 7.11 Å². The molecule has 0 aliphatic heterocycles. The Labute approximate surface area is 300 Å². The third-order valence-electron chi connectivity index (χ3n) is 9.45. The average molecular weight is 656 g/mol. The van der Waals surface area contributed by atoms with Crippen molar-refractivity contribution in [1.82, 2.24) is 0 Å². The van der Waals surface area contributed by atoms with Crippen LogP contribution in [0.15, 0.2) is 206 Å². The maximum atomic E-state index is 5.41. The molecular formula is C49H37NO. The van der Waals surface area contributed by atoms with Crippen molar-refractivity contribution in [3.63, 3.8) is 0 Å². The Hall–Kier alpha value is -6.64. The van der Waals surface area contributed by atoms with E-state index in [-0.39, 0.29) is 0 Å². The van der Waals surface area contributed by atoms with Gasteiger partial charge in [-0.05, 0) is 104 Å². The number of ether oxygens (including phenoxy) is 1. The Kier molecular flexibility index (Phi) is 8.96. The highest BCUT2D eigenvalue weighted by Gasteiger charge is 2.15. The van der Waals surface area contributed by atoms with Crippen LogP contribution in [0.1, 0.15) is 0 Å². The zero-order valence-corrected chi connectivity index (χ0v) is 28.5. The normalized spacial score (nSPS) is 10.8. The number of hydrogen-bond acceptors (Lipinski definition) is 2. The predicted molar refractivity (Wildman–Crippen MR) is 215 cm³/mol. The number of nitrogens with zero attached hydrogens (tertiary/aromatic N) is 1. The number of benzene rings is 8. The summed E-state index contributed by atoms with van der Waals surface area (Å²) in [5.74, 6) is 0.853. The molecule has 0 aliphatic rings. The second kappa shape index (κ2) is 14.5. The first-order valence-electron chi connectivity index (χ1n) is 17.3. The van der Waals surface area contributed by atoms with Crippen molar-refractivity contribution in [3.05, 3.63) is 206 Å². The molecule has 0 fully saturated rings. The van der Waals surface area contributed by atoms with Crippen LogP contribution in [0.5, 0.6) is 5.75 Å². The van der Waals surface area contributed by atoms with E-state index in [0.29, 0.717) is 0 Å². The first-order chi connectivity index (χ1) is 25.2. The van der Waals surface area contributed by atoms with Gasteiger partial charge in [-0.2, -0.15) is 0 Å². The molecule has 0 saturated carbocycles. The molecule has 0 bridgehead atoms. The van der Waals surface area contributed by atoms with Crippen LogP contribution < -0.4 is 9.64 Å². The number of rotatable bonds is 9. The fourth-order valence-electron chi connectivity index (χ4n) is 6.82. The van der Waals surface area contributed by atoms with Gasteiger partial charge in [0, 0.05) is 17.1 Å². The van der Waals surface area contributed by atoms with Crippen molar-refractivity contribution in [2.75, 3.05) is 12.0 Å². The molecule has 0 heterocycles. The van der Waals surface area contributed by atoms with Gasteiger partial charge in [-0.3, -0.25) is 0 Å². The summed E-state index contributed by atoms with van der Waals surface area (Å²) in [6, 6.07) is 73.3. The standard InChI is InChI=1S/C49H37NO/c1-51-45-34-26-41(27-35-45)49-19-11-10-18-48(49)40-24-32-44(33-25-40)50(42-28-20-37(21-29-42)36-12-4-2-5-13-36)43-30-22-39(23-31-43)47-17-9-8-16-46(47)38-14-6-3-7-15-38/h2-35H,1H3. The largest absolute Gasteiger partial charge is 0.497 e. The maximum absolute atomic E-state index is 5.41. The molecule has 2 nitrogen and oxygen atoms in total. The molecule has 0 amide bonds. The fraction of sp³-hybridized carbons (Fsp3) is 0.0204. The molecule has 8 aromatic rings. The van der Waals surface area contributed by atoms with E-state index < -0.39 is 0 Å². The average Bonchev–Trinajstić information content (AvgIpc) is 3.22. The Morgan fingerprint density at radius 2 is 0.549 bits per heavy atom. The smallest absolute Gasteiger partial charge is 0.118 e. The minimum Gasteiger partial charge on any atom is -0.497 e. The van der Waals surface area contributed by atoms with Crippen molar-refractivity contribution in [2.24, 2.45) is 0 Å². The number of hydrogen-bond donors (Lipinski definition) is 0. The van der Waals surface area contributed by atoms with E-state index in [2.05, 4.69) is 199 Å². The van der Waals surface area contributed by atoms with E-state index in [9.17, 15) is 0 Å². The van der Waals surface area contributed by atoms with Gasteiger partial charge in [-0.15, -0.1) is 0 Å². The summed E-state index contributed by atoms with van der Waals surface area (Å²) in [6.45, 7) is 0. The van der Waals surface area contributed by atoms with E-state index in [0.717, 1.165) is 33.9 Å². The first-order valence-corrected chi connectivity index (χ1v) is 17.3. The Balaban J connectivity index is 1.17. The van der Waals surface area contributed by atoms with Gasteiger partial charge in [-0.1, -0.05) is 158 Å². The second-order valence-corrected chi connectivity index (χ2v) is 12.5. The van der Waals surface area contributed by atoms with Gasteiger partial charge in [0.1, 0.15) is 5.75 Å². The van der Waals surface area contributed by atoms with Crippen LogP contribution in [-0.4, -0.2) is 7.11 Å². The van der Waals surface area contributed by atoms with E-state index in [1.165, 1.54) is 44.5 Å². The number of anilines is 3. The topological polar surface area (TPSA) is 12.5 Å². The lowest BCUT2D eigenvalue weighted by Gasteiger charge is -2.26. The maximum Gasteiger partial charge on any atom is 0.118 e. The highest BCUT2D eigenvalue weighted by Crippen LogP contribution is 2.40. The summed E-state index contributed by atoms with van der Waals surface area (Å²) in [5.41, 5.74) is 15.2. The highest BCUT2D eigenvalue weighted by atomic mass is 16.5. The molecule has 0 N–H and O–H groups in total. The lowest BCUT2D eigenvalue weighted by molar-refractivity contribution is 0.415. The third-order valence-corrected chi connectivity index (χ3v) is 9.45. The van der Waals surface area contributed by atoms with Crippen LogP contribution >= 0.6 is 0 Å². The van der Waals surface area contributed by atoms with E-state index >= 15 is 0 Å². The van der Waals surface area contributed by atoms with Gasteiger partial charge in [-0.25, -0.2) is 0 Å². The lowest BCUT2D eigenvalue weighted by atomic mass is 9.94. The molecule has 244 valence electrons. The van der Waals surface area contributed by atoms with Gasteiger partial charge in [0.25, 0.3) is 0 Å². The van der Waals surface area contributed by atoms with E-state index in [4.69, 9.17) is 4.74 Å². The molecule has 0 saturated heterocycles. The molecule has 0 atom stereocenters. The molecule has 51 heavy (non-hydrogen) atoms. The molecule has 0 spiro atoms. The Bertz CT molecular complexity index is 2350. The molecule has 2 heteroatoms. The van der Waals surface area contributed by atoms with E-state index in [1.54, 1.807) is 7.11 Å². The molecule has 0 aliphatic carbocycles. The summed E-state index contributed by atoms with van der Waals surface area (Å²) < 4.78 is 5.41. The van der Waals surface area contributed by atoms with Crippen LogP contribution in [0.2, 0.25) is 0 Å². The van der Waals surface area contributed by atoms with Crippen molar-refractivity contribution in [3.8, 4) is 61.4 Å². The quantitative estimate of drug-likeness (QED) is 0.153. The van der Waals surface area contributed by atoms with Crippen LogP contribution in [0.3, 0.4) is 0 Å². The van der Waals surface area contributed by atoms with Crippen LogP contribution in [0, 0.1) is 0 Å². The second-order valence-electron chi connectivity index (χ2n) is 12.5.